The van der Waals surface area contributed by atoms with Crippen LogP contribution in [0.5, 0.6) is 0 Å². The molecule has 1 saturated carbocycles. The predicted molar refractivity (Wildman–Crippen MR) is 121 cm³/mol. The number of hydrogen-bond donors (Lipinski definition) is 0. The van der Waals surface area contributed by atoms with E-state index in [-0.39, 0.29) is 33.7 Å². The summed E-state index contributed by atoms with van der Waals surface area (Å²) in [6.45, 7) is 1.21. The van der Waals surface area contributed by atoms with Gasteiger partial charge < -0.3 is 0 Å². The number of rotatable bonds is 8. The first-order chi connectivity index (χ1) is 14.7. The molecule has 0 atom stereocenters. The Balaban J connectivity index is 2.05. The van der Waals surface area contributed by atoms with E-state index in [1.807, 2.05) is 6.92 Å². The van der Waals surface area contributed by atoms with Crippen molar-refractivity contribution in [1.29, 1.82) is 0 Å². The fraction of sp³-hybridized carbons (Fsp3) is 0.292. The van der Waals surface area contributed by atoms with Crippen LogP contribution in [0.15, 0.2) is 81.1 Å². The second-order valence-corrected chi connectivity index (χ2v) is 11.4. The van der Waals surface area contributed by atoms with Gasteiger partial charge in [0.15, 0.2) is 0 Å². The van der Waals surface area contributed by atoms with Crippen molar-refractivity contribution in [3.05, 3.63) is 76.9 Å². The number of hydrogen-bond acceptors (Lipinski definition) is 4. The highest BCUT2D eigenvalue weighted by molar-refractivity contribution is 7.95. The van der Waals surface area contributed by atoms with Crippen molar-refractivity contribution >= 4 is 19.9 Å². The Bertz CT molecular complexity index is 1230. The number of aryl methyl sites for hydroxylation is 1. The zero-order valence-corrected chi connectivity index (χ0v) is 19.0. The first-order valence-corrected chi connectivity index (χ1v) is 12.9. The largest absolute Gasteiger partial charge is 0.244 e. The molecule has 2 aromatic rings. The highest BCUT2D eigenvalue weighted by Crippen LogP contribution is 2.28. The number of nitrogens with zero attached hydrogens (tertiary/aromatic N) is 1. The average Bonchev–Trinajstić information content (AvgIpc) is 2.72. The molecule has 0 N–H and O–H groups in total. The molecule has 5 nitrogen and oxygen atoms in total. The van der Waals surface area contributed by atoms with Gasteiger partial charge in [-0.1, -0.05) is 48.2 Å². The molecule has 3 rings (SSSR count). The summed E-state index contributed by atoms with van der Waals surface area (Å²) in [5, 5.41) is 0. The lowest BCUT2D eigenvalue weighted by Gasteiger charge is -2.22. The topological polar surface area (TPSA) is 71.5 Å². The lowest BCUT2D eigenvalue weighted by atomic mass is 9.86. The van der Waals surface area contributed by atoms with Crippen molar-refractivity contribution in [2.24, 2.45) is 5.92 Å². The molecule has 0 heterocycles. The third-order valence-electron chi connectivity index (χ3n) is 5.25. The molecule has 1 fully saturated rings. The van der Waals surface area contributed by atoms with Gasteiger partial charge in [-0.25, -0.2) is 16.8 Å². The molecular weight excluding hydrogens is 430 g/mol. The Kier molecular flexibility index (Phi) is 7.19. The van der Waals surface area contributed by atoms with Gasteiger partial charge in [-0.15, -0.1) is 12.2 Å². The molecule has 0 radical (unpaired) electrons. The minimum Gasteiger partial charge on any atom is -0.218 e. The number of terminal acetylenes is 1. The predicted octanol–water partition coefficient (Wildman–Crippen LogP) is 3.93. The van der Waals surface area contributed by atoms with E-state index in [1.54, 1.807) is 36.4 Å². The van der Waals surface area contributed by atoms with Crippen LogP contribution >= 0.6 is 0 Å². The number of sulfonamides is 1. The summed E-state index contributed by atoms with van der Waals surface area (Å²) in [6.07, 6.45) is 10.2. The Morgan fingerprint density at radius 2 is 1.68 bits per heavy atom. The molecule has 162 valence electrons. The summed E-state index contributed by atoms with van der Waals surface area (Å²) in [6, 6.07) is 14.3. The van der Waals surface area contributed by atoms with Gasteiger partial charge in [-0.3, -0.25) is 0 Å². The molecule has 7 heteroatoms. The zero-order chi connectivity index (χ0) is 22.5. The lowest BCUT2D eigenvalue weighted by molar-refractivity contribution is 0.388. The van der Waals surface area contributed by atoms with Crippen LogP contribution in [0, 0.1) is 25.2 Å². The summed E-state index contributed by atoms with van der Waals surface area (Å²) in [4.78, 5) is 0.0391. The SMILES string of the molecule is C#CCN(CC(=C=CC1CCC1)S(=O)(=O)c1ccccc1)S(=O)(=O)c1ccc(C)cc1. The van der Waals surface area contributed by atoms with Gasteiger partial charge in [0.05, 0.1) is 22.9 Å². The Labute approximate surface area is 185 Å². The van der Waals surface area contributed by atoms with Gasteiger partial charge >= 0.3 is 0 Å². The van der Waals surface area contributed by atoms with Crippen molar-refractivity contribution < 1.29 is 16.8 Å². The van der Waals surface area contributed by atoms with Gasteiger partial charge in [0.1, 0.15) is 4.91 Å². The highest BCUT2D eigenvalue weighted by Gasteiger charge is 2.30. The van der Waals surface area contributed by atoms with Crippen LogP contribution in [0.25, 0.3) is 0 Å². The summed E-state index contributed by atoms with van der Waals surface area (Å²) in [7, 11) is -7.94. The fourth-order valence-corrected chi connectivity index (χ4v) is 5.87. The second kappa shape index (κ2) is 9.67. The van der Waals surface area contributed by atoms with Crippen LogP contribution in [0.4, 0.5) is 0 Å². The van der Waals surface area contributed by atoms with E-state index in [0.29, 0.717) is 0 Å². The average molecular weight is 456 g/mol. The molecule has 2 aromatic carbocycles. The molecule has 0 amide bonds. The zero-order valence-electron chi connectivity index (χ0n) is 17.4. The van der Waals surface area contributed by atoms with Gasteiger partial charge in [0, 0.05) is 0 Å². The van der Waals surface area contributed by atoms with Crippen molar-refractivity contribution in [2.75, 3.05) is 13.1 Å². The van der Waals surface area contributed by atoms with Crippen LogP contribution in [-0.4, -0.2) is 34.2 Å². The summed E-state index contributed by atoms with van der Waals surface area (Å²) in [5.41, 5.74) is 3.83. The molecule has 0 saturated heterocycles. The molecule has 0 aliphatic heterocycles. The van der Waals surface area contributed by atoms with Crippen molar-refractivity contribution in [3.63, 3.8) is 0 Å². The molecule has 0 bridgehead atoms. The first-order valence-electron chi connectivity index (χ1n) is 10.0. The number of sulfone groups is 1. The molecule has 0 aromatic heterocycles. The molecule has 1 aliphatic carbocycles. The molecular formula is C24H25NO4S2. The highest BCUT2D eigenvalue weighted by atomic mass is 32.2. The van der Waals surface area contributed by atoms with E-state index in [4.69, 9.17) is 6.42 Å². The Morgan fingerprint density at radius 1 is 1.03 bits per heavy atom. The summed E-state index contributed by atoms with van der Waals surface area (Å²) in [5.74, 6) is 2.60. The van der Waals surface area contributed by atoms with Gasteiger partial charge in [-0.2, -0.15) is 4.31 Å². The maximum Gasteiger partial charge on any atom is 0.244 e. The van der Waals surface area contributed by atoms with Gasteiger partial charge in [0.25, 0.3) is 0 Å². The van der Waals surface area contributed by atoms with Crippen LogP contribution in [0.3, 0.4) is 0 Å². The molecule has 31 heavy (non-hydrogen) atoms. The Hall–Kier alpha value is -2.62. The maximum atomic E-state index is 13.3. The van der Waals surface area contributed by atoms with Crippen LogP contribution in [0.2, 0.25) is 0 Å². The monoisotopic (exact) mass is 455 g/mol. The van der Waals surface area contributed by atoms with Crippen molar-refractivity contribution in [2.45, 2.75) is 36.0 Å². The normalized spacial score (nSPS) is 14.4. The van der Waals surface area contributed by atoms with Gasteiger partial charge in [0.2, 0.25) is 19.9 Å². The smallest absolute Gasteiger partial charge is 0.218 e. The second-order valence-electron chi connectivity index (χ2n) is 7.53. The maximum absolute atomic E-state index is 13.3. The van der Waals surface area contributed by atoms with Crippen LogP contribution in [0.1, 0.15) is 24.8 Å². The minimum atomic E-state index is -4.00. The third-order valence-corrected chi connectivity index (χ3v) is 8.85. The van der Waals surface area contributed by atoms with Crippen LogP contribution in [-0.2, 0) is 19.9 Å². The van der Waals surface area contributed by atoms with E-state index in [0.717, 1.165) is 29.1 Å². The van der Waals surface area contributed by atoms with E-state index in [1.165, 1.54) is 24.3 Å². The van der Waals surface area contributed by atoms with Gasteiger partial charge in [-0.05, 0) is 56.0 Å². The summed E-state index contributed by atoms with van der Waals surface area (Å²) < 4.78 is 54.1. The van der Waals surface area contributed by atoms with Crippen molar-refractivity contribution in [1.82, 2.24) is 4.31 Å². The first kappa shape index (κ1) is 23.1. The van der Waals surface area contributed by atoms with E-state index in [2.05, 4.69) is 11.7 Å². The minimum absolute atomic E-state index is 0.0628. The number of benzene rings is 2. The van der Waals surface area contributed by atoms with Crippen molar-refractivity contribution in [3.8, 4) is 12.3 Å². The van der Waals surface area contributed by atoms with E-state index >= 15 is 0 Å². The van der Waals surface area contributed by atoms with E-state index in [9.17, 15) is 16.8 Å². The molecule has 0 spiro atoms. The fourth-order valence-electron chi connectivity index (χ4n) is 3.11. The lowest BCUT2D eigenvalue weighted by Crippen LogP contribution is -2.34. The summed E-state index contributed by atoms with van der Waals surface area (Å²) >= 11 is 0. The molecule has 1 aliphatic rings. The van der Waals surface area contributed by atoms with Crippen LogP contribution < -0.4 is 0 Å². The Morgan fingerprint density at radius 3 is 2.23 bits per heavy atom. The standard InChI is InChI=1S/C24H25NO4S2/c1-3-18-25(31(28,29)23-15-12-20(2)13-16-23)19-24(17-14-21-8-7-9-21)30(26,27)22-10-5-4-6-11-22/h1,4-6,10-16,21H,7-9,18-19H2,2H3. The van der Waals surface area contributed by atoms with E-state index < -0.39 is 19.9 Å². The quantitative estimate of drug-likeness (QED) is 0.447. The third kappa shape index (κ3) is 5.36. The molecule has 0 unspecified atom stereocenters.